The maximum Gasteiger partial charge on any atom is 0.123 e. The molecule has 104 valence electrons. The Hall–Kier alpha value is -1.06. The van der Waals surface area contributed by atoms with Crippen LogP contribution in [0.1, 0.15) is 37.8 Å². The summed E-state index contributed by atoms with van der Waals surface area (Å²) in [6.45, 7) is 6.59. The van der Waals surface area contributed by atoms with E-state index in [2.05, 4.69) is 36.9 Å². The number of aliphatic hydroxyl groups excluding tert-OH is 1. The molecule has 1 unspecified atom stereocenters. The van der Waals surface area contributed by atoms with E-state index >= 15 is 0 Å². The molecule has 0 spiro atoms. The molecule has 1 aromatic carbocycles. The smallest absolute Gasteiger partial charge is 0.123 e. The summed E-state index contributed by atoms with van der Waals surface area (Å²) in [6.07, 6.45) is 3.31. The summed E-state index contributed by atoms with van der Waals surface area (Å²) in [6, 6.07) is 6.88. The Labute approximate surface area is 115 Å². The lowest BCUT2D eigenvalue weighted by Crippen LogP contribution is -2.31. The number of benzene rings is 1. The van der Waals surface area contributed by atoms with Crippen LogP contribution in [0.4, 0.5) is 0 Å². The molecule has 0 aliphatic carbocycles. The second kappa shape index (κ2) is 4.80. The van der Waals surface area contributed by atoms with Gasteiger partial charge < -0.3 is 9.84 Å². The summed E-state index contributed by atoms with van der Waals surface area (Å²) in [4.78, 5) is 2.39. The summed E-state index contributed by atoms with van der Waals surface area (Å²) in [7, 11) is 0. The molecule has 1 aromatic rings. The Balaban J connectivity index is 1.74. The van der Waals surface area contributed by atoms with Crippen LogP contribution in [0.3, 0.4) is 0 Å². The van der Waals surface area contributed by atoms with Crippen LogP contribution in [-0.2, 0) is 13.0 Å². The number of rotatable bonds is 3. The standard InChI is InChI=1S/C16H23NO2/c1-16(2)9-13-8-12(5-6-15(13)19-16)10-17-7-3-4-14(17)11-18/h5-6,8,14,18H,3-4,7,9-11H2,1-2H3. The van der Waals surface area contributed by atoms with Gasteiger partial charge in [-0.25, -0.2) is 0 Å². The van der Waals surface area contributed by atoms with Crippen molar-refractivity contribution in [3.63, 3.8) is 0 Å². The van der Waals surface area contributed by atoms with Crippen molar-refractivity contribution in [2.24, 2.45) is 0 Å². The average molecular weight is 261 g/mol. The van der Waals surface area contributed by atoms with Crippen molar-refractivity contribution in [2.75, 3.05) is 13.2 Å². The highest BCUT2D eigenvalue weighted by molar-refractivity contribution is 5.41. The molecule has 0 bridgehead atoms. The zero-order valence-electron chi connectivity index (χ0n) is 11.9. The van der Waals surface area contributed by atoms with Gasteiger partial charge in [0.2, 0.25) is 0 Å². The molecular weight excluding hydrogens is 238 g/mol. The first-order valence-electron chi connectivity index (χ1n) is 7.23. The van der Waals surface area contributed by atoms with E-state index in [1.807, 2.05) is 0 Å². The highest BCUT2D eigenvalue weighted by Gasteiger charge is 2.30. The van der Waals surface area contributed by atoms with E-state index in [0.717, 1.165) is 31.7 Å². The minimum absolute atomic E-state index is 0.0672. The van der Waals surface area contributed by atoms with Crippen molar-refractivity contribution in [3.05, 3.63) is 29.3 Å². The second-order valence-corrected chi connectivity index (χ2v) is 6.43. The van der Waals surface area contributed by atoms with E-state index in [-0.39, 0.29) is 12.2 Å². The summed E-state index contributed by atoms with van der Waals surface area (Å²) >= 11 is 0. The largest absolute Gasteiger partial charge is 0.487 e. The van der Waals surface area contributed by atoms with Crippen LogP contribution in [-0.4, -0.2) is 34.8 Å². The van der Waals surface area contributed by atoms with Crippen molar-refractivity contribution >= 4 is 0 Å². The minimum atomic E-state index is -0.0672. The molecule has 2 aliphatic rings. The topological polar surface area (TPSA) is 32.7 Å². The molecule has 1 saturated heterocycles. The van der Waals surface area contributed by atoms with Gasteiger partial charge in [0.1, 0.15) is 11.4 Å². The first kappa shape index (κ1) is 12.9. The summed E-state index contributed by atoms with van der Waals surface area (Å²) < 4.78 is 5.91. The number of fused-ring (bicyclic) bond motifs is 1. The van der Waals surface area contributed by atoms with Gasteiger partial charge in [0, 0.05) is 19.0 Å². The third-order valence-corrected chi connectivity index (χ3v) is 4.22. The van der Waals surface area contributed by atoms with Gasteiger partial charge in [-0.15, -0.1) is 0 Å². The van der Waals surface area contributed by atoms with E-state index < -0.39 is 0 Å². The van der Waals surface area contributed by atoms with Gasteiger partial charge in [-0.1, -0.05) is 12.1 Å². The van der Waals surface area contributed by atoms with Gasteiger partial charge in [0.15, 0.2) is 0 Å². The fourth-order valence-corrected chi connectivity index (χ4v) is 3.31. The number of nitrogens with zero attached hydrogens (tertiary/aromatic N) is 1. The number of hydrogen-bond acceptors (Lipinski definition) is 3. The normalized spacial score (nSPS) is 25.3. The van der Waals surface area contributed by atoms with Gasteiger partial charge in [0.25, 0.3) is 0 Å². The van der Waals surface area contributed by atoms with Gasteiger partial charge in [0.05, 0.1) is 6.61 Å². The molecule has 2 heterocycles. The monoisotopic (exact) mass is 261 g/mol. The first-order valence-corrected chi connectivity index (χ1v) is 7.23. The summed E-state index contributed by atoms with van der Waals surface area (Å²) in [5.74, 6) is 1.04. The SMILES string of the molecule is CC1(C)Cc2cc(CN3CCCC3CO)ccc2O1. The van der Waals surface area contributed by atoms with Crippen molar-refractivity contribution in [1.82, 2.24) is 4.90 Å². The lowest BCUT2D eigenvalue weighted by Gasteiger charge is -2.22. The lowest BCUT2D eigenvalue weighted by molar-refractivity contribution is 0.138. The third kappa shape index (κ3) is 2.63. The predicted octanol–water partition coefficient (Wildman–Crippen LogP) is 2.36. The first-order chi connectivity index (χ1) is 9.07. The van der Waals surface area contributed by atoms with Crippen molar-refractivity contribution in [3.8, 4) is 5.75 Å². The van der Waals surface area contributed by atoms with Gasteiger partial charge in [-0.05, 0) is 50.4 Å². The predicted molar refractivity (Wildman–Crippen MR) is 75.4 cm³/mol. The van der Waals surface area contributed by atoms with Gasteiger partial charge >= 0.3 is 0 Å². The summed E-state index contributed by atoms with van der Waals surface area (Å²) in [5.41, 5.74) is 2.59. The van der Waals surface area contributed by atoms with E-state index in [0.29, 0.717) is 6.04 Å². The van der Waals surface area contributed by atoms with Crippen LogP contribution in [0.15, 0.2) is 18.2 Å². The van der Waals surface area contributed by atoms with Crippen molar-refractivity contribution in [1.29, 1.82) is 0 Å². The van der Waals surface area contributed by atoms with Crippen LogP contribution in [0, 0.1) is 0 Å². The van der Waals surface area contributed by atoms with E-state index in [1.54, 1.807) is 0 Å². The zero-order valence-corrected chi connectivity index (χ0v) is 11.9. The van der Waals surface area contributed by atoms with Crippen molar-refractivity contribution < 1.29 is 9.84 Å². The Morgan fingerprint density at radius 3 is 3.05 bits per heavy atom. The zero-order chi connectivity index (χ0) is 13.5. The van der Waals surface area contributed by atoms with E-state index in [4.69, 9.17) is 4.74 Å². The quantitative estimate of drug-likeness (QED) is 0.906. The van der Waals surface area contributed by atoms with Gasteiger partial charge in [-0.3, -0.25) is 4.90 Å². The van der Waals surface area contributed by atoms with Crippen LogP contribution < -0.4 is 4.74 Å². The second-order valence-electron chi connectivity index (χ2n) is 6.43. The maximum absolute atomic E-state index is 9.38. The summed E-state index contributed by atoms with van der Waals surface area (Å²) in [5, 5.41) is 9.38. The molecule has 1 N–H and O–H groups in total. The molecule has 0 amide bonds. The minimum Gasteiger partial charge on any atom is -0.487 e. The van der Waals surface area contributed by atoms with Crippen LogP contribution in [0.5, 0.6) is 5.75 Å². The average Bonchev–Trinajstić information content (AvgIpc) is 2.90. The Morgan fingerprint density at radius 1 is 1.42 bits per heavy atom. The molecule has 2 aliphatic heterocycles. The van der Waals surface area contributed by atoms with Crippen LogP contribution >= 0.6 is 0 Å². The molecular formula is C16H23NO2. The maximum atomic E-state index is 9.38. The highest BCUT2D eigenvalue weighted by atomic mass is 16.5. The Bertz CT molecular complexity index is 470. The molecule has 19 heavy (non-hydrogen) atoms. The van der Waals surface area contributed by atoms with Crippen molar-refractivity contribution in [2.45, 2.75) is 51.3 Å². The van der Waals surface area contributed by atoms with Gasteiger partial charge in [-0.2, -0.15) is 0 Å². The number of aliphatic hydroxyl groups is 1. The Morgan fingerprint density at radius 2 is 2.26 bits per heavy atom. The molecule has 1 fully saturated rings. The number of ether oxygens (including phenoxy) is 1. The lowest BCUT2D eigenvalue weighted by atomic mass is 10.00. The Kier molecular flexibility index (Phi) is 3.27. The molecule has 3 rings (SSSR count). The molecule has 0 saturated carbocycles. The highest BCUT2D eigenvalue weighted by Crippen LogP contribution is 2.35. The molecule has 0 aromatic heterocycles. The third-order valence-electron chi connectivity index (χ3n) is 4.22. The molecule has 3 nitrogen and oxygen atoms in total. The number of hydrogen-bond donors (Lipinski definition) is 1. The van der Waals surface area contributed by atoms with E-state index in [1.165, 1.54) is 17.5 Å². The van der Waals surface area contributed by atoms with Crippen LogP contribution in [0.2, 0.25) is 0 Å². The molecule has 1 atom stereocenters. The molecule has 0 radical (unpaired) electrons. The van der Waals surface area contributed by atoms with E-state index in [9.17, 15) is 5.11 Å². The number of likely N-dealkylation sites (tertiary alicyclic amines) is 1. The fraction of sp³-hybridized carbons (Fsp3) is 0.625. The van der Waals surface area contributed by atoms with Crippen LogP contribution in [0.25, 0.3) is 0 Å². The fourth-order valence-electron chi connectivity index (χ4n) is 3.31. The molecule has 3 heteroatoms.